The molecule has 2 N–H and O–H groups in total. The number of carbonyl (C=O) groups is 1. The van der Waals surface area contributed by atoms with Crippen molar-refractivity contribution in [3.63, 3.8) is 0 Å². The molecule has 0 aliphatic carbocycles. The van der Waals surface area contributed by atoms with Gasteiger partial charge in [0.25, 0.3) is 0 Å². The Morgan fingerprint density at radius 3 is 2.26 bits per heavy atom. The molecule has 146 valence electrons. The summed E-state index contributed by atoms with van der Waals surface area (Å²) in [6.45, 7) is -0.186. The predicted molar refractivity (Wildman–Crippen MR) is 106 cm³/mol. The largest absolute Gasteiger partial charge is 0.495 e. The van der Waals surface area contributed by atoms with Crippen LogP contribution in [0.3, 0.4) is 0 Å². The van der Waals surface area contributed by atoms with Crippen LogP contribution >= 0.6 is 23.2 Å². The van der Waals surface area contributed by atoms with Gasteiger partial charge in [0.1, 0.15) is 21.4 Å². The van der Waals surface area contributed by atoms with Crippen LogP contribution in [0.5, 0.6) is 11.5 Å². The summed E-state index contributed by atoms with van der Waals surface area (Å²) in [4.78, 5) is 12.0. The Labute approximate surface area is 167 Å². The lowest BCUT2D eigenvalue weighted by atomic mass is 10.3. The van der Waals surface area contributed by atoms with Gasteiger partial charge in [-0.1, -0.05) is 23.2 Å². The molecule has 0 aliphatic heterocycles. The molecule has 0 saturated heterocycles. The molecule has 0 saturated carbocycles. The van der Waals surface area contributed by atoms with Crippen LogP contribution in [-0.2, 0) is 14.6 Å². The van der Waals surface area contributed by atoms with Crippen molar-refractivity contribution in [1.82, 2.24) is 0 Å². The van der Waals surface area contributed by atoms with E-state index in [1.54, 1.807) is 18.2 Å². The minimum atomic E-state index is -3.65. The first-order valence-electron chi connectivity index (χ1n) is 7.61. The first-order chi connectivity index (χ1) is 12.7. The number of hydrogen-bond acceptors (Lipinski definition) is 6. The second kappa shape index (κ2) is 8.69. The number of rotatable bonds is 7. The Bertz CT molecular complexity index is 964. The van der Waals surface area contributed by atoms with Crippen LogP contribution in [0.25, 0.3) is 0 Å². The van der Waals surface area contributed by atoms with E-state index in [9.17, 15) is 13.2 Å². The molecular formula is C17H18Cl2N2O5S. The molecule has 0 spiro atoms. The summed E-state index contributed by atoms with van der Waals surface area (Å²) in [5.41, 5.74) is 0.676. The molecule has 2 aromatic carbocycles. The fourth-order valence-corrected chi connectivity index (χ4v) is 4.21. The number of nitrogens with one attached hydrogen (secondary N) is 2. The molecule has 0 atom stereocenters. The normalized spacial score (nSPS) is 11.0. The van der Waals surface area contributed by atoms with Gasteiger partial charge in [0.15, 0.2) is 9.84 Å². The van der Waals surface area contributed by atoms with Crippen molar-refractivity contribution in [3.8, 4) is 11.5 Å². The van der Waals surface area contributed by atoms with Gasteiger partial charge in [0.2, 0.25) is 5.91 Å². The summed E-state index contributed by atoms with van der Waals surface area (Å²) in [5, 5.41) is 5.73. The van der Waals surface area contributed by atoms with E-state index in [2.05, 4.69) is 10.6 Å². The molecule has 0 bridgehead atoms. The third-order valence-electron chi connectivity index (χ3n) is 3.53. The van der Waals surface area contributed by atoms with Crippen molar-refractivity contribution in [3.05, 3.63) is 40.4 Å². The van der Waals surface area contributed by atoms with E-state index in [4.69, 9.17) is 32.7 Å². The second-order valence-electron chi connectivity index (χ2n) is 5.48. The highest BCUT2D eigenvalue weighted by Crippen LogP contribution is 2.36. The van der Waals surface area contributed by atoms with Crippen molar-refractivity contribution in [1.29, 1.82) is 0 Å². The van der Waals surface area contributed by atoms with Crippen molar-refractivity contribution in [2.24, 2.45) is 0 Å². The lowest BCUT2D eigenvalue weighted by Crippen LogP contribution is -2.22. The molecule has 2 aromatic rings. The van der Waals surface area contributed by atoms with Gasteiger partial charge >= 0.3 is 0 Å². The lowest BCUT2D eigenvalue weighted by Gasteiger charge is -2.15. The summed E-state index contributed by atoms with van der Waals surface area (Å²) in [5.74, 6) is 0.307. The fraction of sp³-hybridized carbons (Fsp3) is 0.235. The smallest absolute Gasteiger partial charge is 0.243 e. The van der Waals surface area contributed by atoms with Crippen molar-refractivity contribution >= 4 is 50.3 Å². The van der Waals surface area contributed by atoms with Crippen molar-refractivity contribution in [2.75, 3.05) is 37.7 Å². The van der Waals surface area contributed by atoms with Crippen LogP contribution in [0.4, 0.5) is 11.4 Å². The summed E-state index contributed by atoms with van der Waals surface area (Å²) >= 11 is 12.1. The van der Waals surface area contributed by atoms with Gasteiger partial charge in [-0.15, -0.1) is 0 Å². The highest BCUT2D eigenvalue weighted by molar-refractivity contribution is 7.91. The molecule has 0 fully saturated rings. The summed E-state index contributed by atoms with van der Waals surface area (Å²) < 4.78 is 34.2. The number of amides is 1. The number of hydrogen-bond donors (Lipinski definition) is 2. The average Bonchev–Trinajstić information content (AvgIpc) is 2.59. The van der Waals surface area contributed by atoms with Gasteiger partial charge in [0, 0.05) is 11.9 Å². The molecule has 7 nitrogen and oxygen atoms in total. The third kappa shape index (κ3) is 5.18. The molecule has 10 heteroatoms. The van der Waals surface area contributed by atoms with Gasteiger partial charge in [-0.2, -0.15) is 0 Å². The molecular weight excluding hydrogens is 415 g/mol. The molecule has 0 radical (unpaired) electrons. The second-order valence-corrected chi connectivity index (χ2v) is 8.22. The molecule has 0 aromatic heterocycles. The fourth-order valence-electron chi connectivity index (χ4n) is 2.32. The zero-order valence-corrected chi connectivity index (χ0v) is 17.1. The average molecular weight is 433 g/mol. The van der Waals surface area contributed by atoms with Crippen LogP contribution in [0.15, 0.2) is 35.2 Å². The van der Waals surface area contributed by atoms with E-state index in [1.807, 2.05) is 0 Å². The van der Waals surface area contributed by atoms with E-state index in [0.717, 1.165) is 6.26 Å². The topological polar surface area (TPSA) is 93.7 Å². The minimum Gasteiger partial charge on any atom is -0.495 e. The zero-order valence-electron chi connectivity index (χ0n) is 14.8. The van der Waals surface area contributed by atoms with Gasteiger partial charge in [-0.3, -0.25) is 4.79 Å². The van der Waals surface area contributed by atoms with Crippen LogP contribution in [0, 0.1) is 0 Å². The van der Waals surface area contributed by atoms with Gasteiger partial charge < -0.3 is 20.1 Å². The molecule has 1 amide bonds. The van der Waals surface area contributed by atoms with Gasteiger partial charge in [-0.25, -0.2) is 8.42 Å². The van der Waals surface area contributed by atoms with Crippen molar-refractivity contribution < 1.29 is 22.7 Å². The van der Waals surface area contributed by atoms with E-state index in [0.29, 0.717) is 16.5 Å². The first-order valence-corrected chi connectivity index (χ1v) is 10.3. The highest BCUT2D eigenvalue weighted by atomic mass is 35.5. The quantitative estimate of drug-likeness (QED) is 0.695. The lowest BCUT2D eigenvalue weighted by molar-refractivity contribution is -0.114. The maximum absolute atomic E-state index is 12.2. The summed E-state index contributed by atoms with van der Waals surface area (Å²) in [6, 6.07) is 7.80. The van der Waals surface area contributed by atoms with Crippen LogP contribution in [-0.4, -0.2) is 41.3 Å². The summed E-state index contributed by atoms with van der Waals surface area (Å²) in [7, 11) is -0.783. The van der Waals surface area contributed by atoms with E-state index in [-0.39, 0.29) is 27.9 Å². The number of ether oxygens (including phenoxy) is 2. The molecule has 0 unspecified atom stereocenters. The van der Waals surface area contributed by atoms with E-state index >= 15 is 0 Å². The number of halogens is 2. The Hall–Kier alpha value is -2.16. The van der Waals surface area contributed by atoms with Crippen LogP contribution < -0.4 is 20.1 Å². The molecule has 0 aliphatic rings. The molecule has 0 heterocycles. The van der Waals surface area contributed by atoms with E-state index < -0.39 is 15.7 Å². The third-order valence-corrected chi connectivity index (χ3v) is 5.48. The van der Waals surface area contributed by atoms with Crippen LogP contribution in [0.1, 0.15) is 0 Å². The maximum atomic E-state index is 12.2. The van der Waals surface area contributed by atoms with Gasteiger partial charge in [-0.05, 0) is 30.3 Å². The predicted octanol–water partition coefficient (Wildman–Crippen LogP) is 3.46. The Balaban J connectivity index is 2.15. The number of benzene rings is 2. The zero-order chi connectivity index (χ0) is 20.2. The SMILES string of the molecule is COc1ccc(NC(=O)CNc2ccc(OC)c(Cl)c2S(C)(=O)=O)cc1Cl. The van der Waals surface area contributed by atoms with E-state index in [1.165, 1.54) is 26.4 Å². The maximum Gasteiger partial charge on any atom is 0.243 e. The summed E-state index contributed by atoms with van der Waals surface area (Å²) in [6.07, 6.45) is 1.03. The standard InChI is InChI=1S/C17H18Cl2N2O5S/c1-25-13-6-4-10(8-11(13)18)21-15(22)9-20-12-5-7-14(26-2)16(19)17(12)27(3,23)24/h4-8,20H,9H2,1-3H3,(H,21,22). The highest BCUT2D eigenvalue weighted by Gasteiger charge is 2.21. The number of carbonyl (C=O) groups excluding carboxylic acids is 1. The van der Waals surface area contributed by atoms with Crippen LogP contribution in [0.2, 0.25) is 10.0 Å². The van der Waals surface area contributed by atoms with Gasteiger partial charge in [0.05, 0.1) is 31.5 Å². The Morgan fingerprint density at radius 2 is 1.70 bits per heavy atom. The number of anilines is 2. The molecule has 27 heavy (non-hydrogen) atoms. The first kappa shape index (κ1) is 21.1. The number of sulfone groups is 1. The minimum absolute atomic E-state index is 0.0488. The van der Waals surface area contributed by atoms with Crippen molar-refractivity contribution in [2.45, 2.75) is 4.90 Å². The molecule has 2 rings (SSSR count). The Kier molecular flexibility index (Phi) is 6.80. The number of methoxy groups -OCH3 is 2. The Morgan fingerprint density at radius 1 is 1.07 bits per heavy atom. The monoisotopic (exact) mass is 432 g/mol.